The van der Waals surface area contributed by atoms with Crippen LogP contribution in [0.5, 0.6) is 11.6 Å². The molecule has 0 unspecified atom stereocenters. The molecule has 1 aliphatic rings. The number of piperidine rings is 1. The van der Waals surface area contributed by atoms with E-state index in [1.165, 1.54) is 29.4 Å². The fourth-order valence-electron chi connectivity index (χ4n) is 4.83. The molecule has 12 heteroatoms. The van der Waals surface area contributed by atoms with Crippen LogP contribution in [0.4, 0.5) is 14.5 Å². The van der Waals surface area contributed by atoms with Gasteiger partial charge in [0.25, 0.3) is 17.7 Å². The molecule has 0 saturated carbocycles. The molecule has 0 spiro atoms. The number of benzene rings is 2. The minimum atomic E-state index is -0.896. The smallest absolute Gasteiger partial charge is 0.272 e. The largest absolute Gasteiger partial charge is 0.439 e. The van der Waals surface area contributed by atoms with E-state index < -0.39 is 29.2 Å². The number of Topliss-reactive ketones (excluding diaryl/α,β-unsaturated/α-hetero) is 1. The number of hydrogen-bond acceptors (Lipinski definition) is 7. The summed E-state index contributed by atoms with van der Waals surface area (Å²) in [4.78, 5) is 61.9. The number of halogens is 2. The summed E-state index contributed by atoms with van der Waals surface area (Å²) in [6.07, 6.45) is 3.40. The van der Waals surface area contributed by atoms with Crippen LogP contribution in [0.2, 0.25) is 0 Å². The fraction of sp³-hybridized carbons (Fsp3) is 0.212. The summed E-state index contributed by atoms with van der Waals surface area (Å²) in [5.41, 5.74) is 1.16. The van der Waals surface area contributed by atoms with Crippen LogP contribution >= 0.6 is 0 Å². The van der Waals surface area contributed by atoms with Crippen LogP contribution in [0, 0.1) is 17.6 Å². The van der Waals surface area contributed by atoms with E-state index in [9.17, 15) is 28.0 Å². The highest BCUT2D eigenvalue weighted by molar-refractivity contribution is 6.04. The van der Waals surface area contributed by atoms with Gasteiger partial charge in [-0.2, -0.15) is 0 Å². The number of hydrogen-bond donors (Lipinski definition) is 1. The Hall–Kier alpha value is -5.52. The normalized spacial score (nSPS) is 13.2. The third-order valence-electron chi connectivity index (χ3n) is 7.32. The average molecular weight is 614 g/mol. The monoisotopic (exact) mass is 613 g/mol. The van der Waals surface area contributed by atoms with Gasteiger partial charge in [-0.15, -0.1) is 0 Å². The van der Waals surface area contributed by atoms with Crippen LogP contribution in [0.15, 0.2) is 79.1 Å². The third-order valence-corrected chi connectivity index (χ3v) is 7.32. The molecule has 1 fully saturated rings. The SMILES string of the molecule is CN(C)C(=O)c1ccc(Oc2ccc(NC(=O)c3ccc(C(=O)N4CCC(C(=O)c5ccc(F)cc5F)CC4)nc3)cn2)cc1. The number of nitrogens with one attached hydrogen (secondary N) is 1. The second-order valence-electron chi connectivity index (χ2n) is 10.7. The first-order chi connectivity index (χ1) is 21.6. The first kappa shape index (κ1) is 30.9. The Morgan fingerprint density at radius 3 is 2.18 bits per heavy atom. The summed E-state index contributed by atoms with van der Waals surface area (Å²) < 4.78 is 33.0. The molecule has 1 saturated heterocycles. The van der Waals surface area contributed by atoms with Crippen LogP contribution in [-0.2, 0) is 0 Å². The molecule has 230 valence electrons. The molecule has 5 rings (SSSR count). The van der Waals surface area contributed by atoms with Crippen molar-refractivity contribution in [3.8, 4) is 11.6 Å². The summed E-state index contributed by atoms with van der Waals surface area (Å²) in [5.74, 6) is -2.67. The van der Waals surface area contributed by atoms with E-state index in [0.29, 0.717) is 41.8 Å². The molecule has 45 heavy (non-hydrogen) atoms. The molecule has 1 N–H and O–H groups in total. The quantitative estimate of drug-likeness (QED) is 0.270. The van der Waals surface area contributed by atoms with Gasteiger partial charge in [-0.05, 0) is 67.4 Å². The standard InChI is InChI=1S/C33H29F2N5O5/c1-39(2)32(43)21-3-8-25(9-4-21)45-29-12-7-24(19-37-29)38-31(42)22-5-11-28(36-18-22)33(44)40-15-13-20(14-16-40)30(41)26-10-6-23(34)17-27(26)35/h3-12,17-20H,13-16H2,1-2H3,(H,38,42). The lowest BCUT2D eigenvalue weighted by atomic mass is 9.88. The Morgan fingerprint density at radius 1 is 0.867 bits per heavy atom. The maximum absolute atomic E-state index is 14.1. The molecule has 0 atom stereocenters. The Morgan fingerprint density at radius 2 is 1.58 bits per heavy atom. The van der Waals surface area contributed by atoms with E-state index in [2.05, 4.69) is 15.3 Å². The lowest BCUT2D eigenvalue weighted by molar-refractivity contribution is 0.0644. The van der Waals surface area contributed by atoms with Crippen molar-refractivity contribution in [2.24, 2.45) is 5.92 Å². The number of aromatic nitrogens is 2. The molecule has 1 aliphatic heterocycles. The molecular weight excluding hydrogens is 584 g/mol. The van der Waals surface area contributed by atoms with E-state index in [0.717, 1.165) is 12.1 Å². The van der Waals surface area contributed by atoms with Gasteiger partial charge < -0.3 is 19.9 Å². The second-order valence-corrected chi connectivity index (χ2v) is 10.7. The zero-order chi connectivity index (χ0) is 32.1. The van der Waals surface area contributed by atoms with Gasteiger partial charge in [-0.3, -0.25) is 24.2 Å². The van der Waals surface area contributed by atoms with Gasteiger partial charge in [0.2, 0.25) is 5.88 Å². The van der Waals surface area contributed by atoms with Crippen LogP contribution < -0.4 is 10.1 Å². The van der Waals surface area contributed by atoms with Crippen LogP contribution in [0.25, 0.3) is 0 Å². The predicted molar refractivity (Wildman–Crippen MR) is 160 cm³/mol. The number of ketones is 1. The Balaban J connectivity index is 1.12. The van der Waals surface area contributed by atoms with E-state index in [1.54, 1.807) is 55.4 Å². The zero-order valence-corrected chi connectivity index (χ0v) is 24.5. The number of nitrogens with zero attached hydrogens (tertiary/aromatic N) is 4. The number of rotatable bonds is 8. The summed E-state index contributed by atoms with van der Waals surface area (Å²) in [5, 5.41) is 2.71. The fourth-order valence-corrected chi connectivity index (χ4v) is 4.83. The van der Waals surface area contributed by atoms with Crippen molar-refractivity contribution < 1.29 is 32.7 Å². The third kappa shape index (κ3) is 7.35. The number of carbonyl (C=O) groups excluding carboxylic acids is 4. The highest BCUT2D eigenvalue weighted by Crippen LogP contribution is 2.25. The maximum atomic E-state index is 14.1. The first-order valence-electron chi connectivity index (χ1n) is 14.1. The van der Waals surface area contributed by atoms with Crippen molar-refractivity contribution in [2.75, 3.05) is 32.5 Å². The summed E-state index contributed by atoms with van der Waals surface area (Å²) >= 11 is 0. The molecule has 2 aromatic carbocycles. The number of anilines is 1. The molecular formula is C33H29F2N5O5. The molecule has 3 amide bonds. The molecule has 10 nitrogen and oxygen atoms in total. The van der Waals surface area contributed by atoms with E-state index in [-0.39, 0.29) is 41.7 Å². The van der Waals surface area contributed by atoms with Crippen LogP contribution in [0.3, 0.4) is 0 Å². The number of carbonyl (C=O) groups is 4. The maximum Gasteiger partial charge on any atom is 0.272 e. The van der Waals surface area contributed by atoms with E-state index in [4.69, 9.17) is 4.74 Å². The minimum Gasteiger partial charge on any atom is -0.439 e. The average Bonchev–Trinajstić information content (AvgIpc) is 3.05. The molecule has 0 radical (unpaired) electrons. The van der Waals surface area contributed by atoms with Crippen LogP contribution in [0.1, 0.15) is 54.4 Å². The van der Waals surface area contributed by atoms with Gasteiger partial charge in [-0.1, -0.05) is 0 Å². The molecule has 2 aromatic heterocycles. The van der Waals surface area contributed by atoms with Gasteiger partial charge in [0.15, 0.2) is 5.78 Å². The predicted octanol–water partition coefficient (Wildman–Crippen LogP) is 5.24. The Labute approximate surface area is 257 Å². The number of likely N-dealkylation sites (tertiary alicyclic amines) is 1. The minimum absolute atomic E-state index is 0.120. The highest BCUT2D eigenvalue weighted by Gasteiger charge is 2.30. The Bertz CT molecular complexity index is 1720. The lowest BCUT2D eigenvalue weighted by Crippen LogP contribution is -2.40. The number of pyridine rings is 2. The van der Waals surface area contributed by atoms with Crippen molar-refractivity contribution in [1.82, 2.24) is 19.8 Å². The molecule has 0 bridgehead atoms. The van der Waals surface area contributed by atoms with Crippen molar-refractivity contribution in [3.05, 3.63) is 113 Å². The first-order valence-corrected chi connectivity index (χ1v) is 14.1. The topological polar surface area (TPSA) is 122 Å². The second kappa shape index (κ2) is 13.4. The zero-order valence-electron chi connectivity index (χ0n) is 24.5. The van der Waals surface area contributed by atoms with Gasteiger partial charge >= 0.3 is 0 Å². The van der Waals surface area contributed by atoms with Gasteiger partial charge in [-0.25, -0.2) is 13.8 Å². The molecule has 3 heterocycles. The molecule has 0 aliphatic carbocycles. The van der Waals surface area contributed by atoms with Gasteiger partial charge in [0.1, 0.15) is 23.1 Å². The molecule has 4 aromatic rings. The van der Waals surface area contributed by atoms with E-state index >= 15 is 0 Å². The van der Waals surface area contributed by atoms with Crippen molar-refractivity contribution in [2.45, 2.75) is 12.8 Å². The van der Waals surface area contributed by atoms with Gasteiger partial charge in [0.05, 0.1) is 23.0 Å². The van der Waals surface area contributed by atoms with Crippen molar-refractivity contribution >= 4 is 29.2 Å². The summed E-state index contributed by atoms with van der Waals surface area (Å²) in [6, 6.07) is 15.7. The summed E-state index contributed by atoms with van der Waals surface area (Å²) in [6.45, 7) is 0.548. The van der Waals surface area contributed by atoms with Gasteiger partial charge in [0, 0.05) is 57.0 Å². The van der Waals surface area contributed by atoms with Crippen molar-refractivity contribution in [1.29, 1.82) is 0 Å². The summed E-state index contributed by atoms with van der Waals surface area (Å²) in [7, 11) is 3.35. The van der Waals surface area contributed by atoms with Crippen molar-refractivity contribution in [3.63, 3.8) is 0 Å². The highest BCUT2D eigenvalue weighted by atomic mass is 19.1. The van der Waals surface area contributed by atoms with E-state index in [1.807, 2.05) is 0 Å². The Kier molecular flexibility index (Phi) is 9.22. The van der Waals surface area contributed by atoms with Crippen LogP contribution in [-0.4, -0.2) is 70.5 Å². The number of amides is 3. The number of ether oxygens (including phenoxy) is 1. The lowest BCUT2D eigenvalue weighted by Gasteiger charge is -2.31.